The highest BCUT2D eigenvalue weighted by molar-refractivity contribution is 5.59. The Kier molecular flexibility index (Phi) is 4.51. The van der Waals surface area contributed by atoms with E-state index in [2.05, 4.69) is 40.3 Å². The molecule has 3 rings (SSSR count). The summed E-state index contributed by atoms with van der Waals surface area (Å²) in [5, 5.41) is 3.47. The van der Waals surface area contributed by atoms with E-state index in [1.165, 1.54) is 37.9 Å². The molecule has 1 aliphatic rings. The van der Waals surface area contributed by atoms with Crippen molar-refractivity contribution >= 4 is 11.5 Å². The number of benzene rings is 1. The zero-order valence-electron chi connectivity index (χ0n) is 12.6. The van der Waals surface area contributed by atoms with Crippen molar-refractivity contribution in [2.24, 2.45) is 0 Å². The normalized spacial score (nSPS) is 18.8. The molecule has 0 unspecified atom stereocenters. The molecule has 1 atom stereocenters. The van der Waals surface area contributed by atoms with Gasteiger partial charge in [0.1, 0.15) is 5.82 Å². The lowest BCUT2D eigenvalue weighted by molar-refractivity contribution is 0.258. The van der Waals surface area contributed by atoms with Crippen molar-refractivity contribution in [3.05, 3.63) is 54.2 Å². The minimum Gasteiger partial charge on any atom is -0.340 e. The van der Waals surface area contributed by atoms with Gasteiger partial charge in [-0.05, 0) is 50.6 Å². The molecule has 0 radical (unpaired) electrons. The number of nitrogens with zero attached hydrogens (tertiary/aromatic N) is 2. The molecule has 1 fully saturated rings. The van der Waals surface area contributed by atoms with Crippen molar-refractivity contribution in [2.75, 3.05) is 18.4 Å². The van der Waals surface area contributed by atoms with Gasteiger partial charge in [0.2, 0.25) is 0 Å². The van der Waals surface area contributed by atoms with Crippen LogP contribution in [-0.4, -0.2) is 23.0 Å². The first kappa shape index (κ1) is 14.1. The van der Waals surface area contributed by atoms with E-state index in [1.807, 2.05) is 30.5 Å². The first-order chi connectivity index (χ1) is 10.4. The van der Waals surface area contributed by atoms with Crippen LogP contribution >= 0.6 is 0 Å². The molecule has 0 aliphatic carbocycles. The predicted molar refractivity (Wildman–Crippen MR) is 87.8 cm³/mol. The fourth-order valence-corrected chi connectivity index (χ4v) is 3.18. The van der Waals surface area contributed by atoms with Gasteiger partial charge in [-0.2, -0.15) is 0 Å². The summed E-state index contributed by atoms with van der Waals surface area (Å²) in [7, 11) is 0. The molecule has 0 saturated carbocycles. The van der Waals surface area contributed by atoms with Crippen LogP contribution in [0.3, 0.4) is 0 Å². The van der Waals surface area contributed by atoms with Gasteiger partial charge in [0, 0.05) is 23.5 Å². The van der Waals surface area contributed by atoms with Crippen LogP contribution in [0.2, 0.25) is 0 Å². The number of anilines is 2. The van der Waals surface area contributed by atoms with Gasteiger partial charge >= 0.3 is 0 Å². The van der Waals surface area contributed by atoms with Crippen LogP contribution in [0.15, 0.2) is 48.7 Å². The molecule has 110 valence electrons. The molecule has 1 aromatic heterocycles. The largest absolute Gasteiger partial charge is 0.340 e. The second kappa shape index (κ2) is 6.72. The molecule has 0 bridgehead atoms. The average Bonchev–Trinajstić information content (AvgIpc) is 2.97. The topological polar surface area (TPSA) is 28.2 Å². The van der Waals surface area contributed by atoms with Crippen molar-refractivity contribution in [3.8, 4) is 0 Å². The van der Waals surface area contributed by atoms with Gasteiger partial charge in [0.25, 0.3) is 0 Å². The van der Waals surface area contributed by atoms with Crippen molar-refractivity contribution in [1.29, 1.82) is 0 Å². The highest BCUT2D eigenvalue weighted by Gasteiger charge is 2.27. The number of hydrogen-bond donors (Lipinski definition) is 1. The summed E-state index contributed by atoms with van der Waals surface area (Å²) in [4.78, 5) is 7.17. The van der Waals surface area contributed by atoms with Gasteiger partial charge in [0.15, 0.2) is 0 Å². The van der Waals surface area contributed by atoms with Gasteiger partial charge in [-0.1, -0.05) is 31.2 Å². The second-order valence-electron chi connectivity index (χ2n) is 5.63. The Morgan fingerprint density at radius 3 is 2.86 bits per heavy atom. The molecule has 0 spiro atoms. The minimum absolute atomic E-state index is 0.505. The summed E-state index contributed by atoms with van der Waals surface area (Å²) < 4.78 is 0. The number of aromatic nitrogens is 1. The van der Waals surface area contributed by atoms with E-state index < -0.39 is 0 Å². The molecule has 1 N–H and O–H groups in total. The number of hydrogen-bond acceptors (Lipinski definition) is 3. The summed E-state index contributed by atoms with van der Waals surface area (Å²) in [6, 6.07) is 15.1. The van der Waals surface area contributed by atoms with Gasteiger partial charge in [-0.25, -0.2) is 4.98 Å². The summed E-state index contributed by atoms with van der Waals surface area (Å²) in [6.07, 6.45) is 5.59. The molecule has 0 amide bonds. The number of likely N-dealkylation sites (tertiary alicyclic amines) is 1. The van der Waals surface area contributed by atoms with E-state index >= 15 is 0 Å². The summed E-state index contributed by atoms with van der Waals surface area (Å²) in [5.74, 6) is 0.997. The molecular formula is C18H23N3. The zero-order valence-corrected chi connectivity index (χ0v) is 12.6. The Morgan fingerprint density at radius 2 is 2.05 bits per heavy atom. The third-order valence-corrected chi connectivity index (χ3v) is 4.11. The zero-order chi connectivity index (χ0) is 14.5. The Labute approximate surface area is 127 Å². The molecule has 1 aliphatic heterocycles. The third kappa shape index (κ3) is 3.24. The van der Waals surface area contributed by atoms with Crippen LogP contribution < -0.4 is 5.32 Å². The van der Waals surface area contributed by atoms with E-state index in [4.69, 9.17) is 0 Å². The molecular weight excluding hydrogens is 258 g/mol. The monoisotopic (exact) mass is 281 g/mol. The maximum Gasteiger partial charge on any atom is 0.135 e. The van der Waals surface area contributed by atoms with Crippen LogP contribution in [0.4, 0.5) is 11.5 Å². The van der Waals surface area contributed by atoms with Gasteiger partial charge in [0.05, 0.1) is 0 Å². The lowest BCUT2D eigenvalue weighted by atomic mass is 10.0. The van der Waals surface area contributed by atoms with Crippen LogP contribution in [0.25, 0.3) is 0 Å². The van der Waals surface area contributed by atoms with Crippen LogP contribution in [0.5, 0.6) is 0 Å². The number of pyridine rings is 1. The number of nitrogens with one attached hydrogen (secondary N) is 1. The maximum atomic E-state index is 4.58. The molecule has 1 saturated heterocycles. The standard InChI is InChI=1S/C18H23N3/c1-2-13-21-14-7-11-17(21)16-10-6-12-19-18(16)20-15-8-4-3-5-9-15/h3-6,8-10,12,17H,2,7,11,13-14H2,1H3,(H,19,20)/t17-/m1/s1. The first-order valence-electron chi connectivity index (χ1n) is 7.89. The van der Waals surface area contributed by atoms with Crippen LogP contribution in [0.1, 0.15) is 37.8 Å². The van der Waals surface area contributed by atoms with Crippen LogP contribution in [0, 0.1) is 0 Å². The Hall–Kier alpha value is -1.87. The van der Waals surface area contributed by atoms with Crippen LogP contribution in [-0.2, 0) is 0 Å². The summed E-state index contributed by atoms with van der Waals surface area (Å²) in [5.41, 5.74) is 2.42. The minimum atomic E-state index is 0.505. The van der Waals surface area contributed by atoms with Crippen molar-refractivity contribution < 1.29 is 0 Å². The van der Waals surface area contributed by atoms with E-state index in [-0.39, 0.29) is 0 Å². The molecule has 3 nitrogen and oxygen atoms in total. The van der Waals surface area contributed by atoms with E-state index in [0.29, 0.717) is 6.04 Å². The van der Waals surface area contributed by atoms with Gasteiger partial charge in [-0.3, -0.25) is 4.90 Å². The summed E-state index contributed by atoms with van der Waals surface area (Å²) in [6.45, 7) is 4.63. The molecule has 1 aromatic carbocycles. The molecule has 21 heavy (non-hydrogen) atoms. The second-order valence-corrected chi connectivity index (χ2v) is 5.63. The molecule has 2 heterocycles. The summed E-state index contributed by atoms with van der Waals surface area (Å²) >= 11 is 0. The van der Waals surface area contributed by atoms with Gasteiger partial charge < -0.3 is 5.32 Å². The average molecular weight is 281 g/mol. The highest BCUT2D eigenvalue weighted by atomic mass is 15.2. The predicted octanol–water partition coefficient (Wildman–Crippen LogP) is 4.37. The SMILES string of the molecule is CCCN1CCC[C@@H]1c1cccnc1Nc1ccccc1. The van der Waals surface area contributed by atoms with E-state index in [9.17, 15) is 0 Å². The lowest BCUT2D eigenvalue weighted by Gasteiger charge is -2.25. The Morgan fingerprint density at radius 1 is 1.19 bits per heavy atom. The maximum absolute atomic E-state index is 4.58. The fraction of sp³-hybridized carbons (Fsp3) is 0.389. The quantitative estimate of drug-likeness (QED) is 0.882. The highest BCUT2D eigenvalue weighted by Crippen LogP contribution is 2.35. The Bertz CT molecular complexity index is 568. The molecule has 2 aromatic rings. The van der Waals surface area contributed by atoms with E-state index in [1.54, 1.807) is 0 Å². The number of rotatable bonds is 5. The van der Waals surface area contributed by atoms with Crippen molar-refractivity contribution in [2.45, 2.75) is 32.2 Å². The molecule has 3 heteroatoms. The lowest BCUT2D eigenvalue weighted by Crippen LogP contribution is -2.24. The third-order valence-electron chi connectivity index (χ3n) is 4.11. The fourth-order valence-electron chi connectivity index (χ4n) is 3.18. The van der Waals surface area contributed by atoms with Gasteiger partial charge in [-0.15, -0.1) is 0 Å². The smallest absolute Gasteiger partial charge is 0.135 e. The van der Waals surface area contributed by atoms with E-state index in [0.717, 1.165) is 11.5 Å². The van der Waals surface area contributed by atoms with Crippen molar-refractivity contribution in [3.63, 3.8) is 0 Å². The first-order valence-corrected chi connectivity index (χ1v) is 7.89. The Balaban J connectivity index is 1.85. The van der Waals surface area contributed by atoms with Crippen molar-refractivity contribution in [1.82, 2.24) is 9.88 Å². The number of para-hydroxylation sites is 1.